The van der Waals surface area contributed by atoms with Gasteiger partial charge in [0.05, 0.1) is 12.9 Å². The highest BCUT2D eigenvalue weighted by molar-refractivity contribution is 5.97. The third kappa shape index (κ3) is 3.59. The lowest BCUT2D eigenvalue weighted by Crippen LogP contribution is -2.11. The van der Waals surface area contributed by atoms with Crippen molar-refractivity contribution in [1.82, 2.24) is 0 Å². The molecule has 0 fully saturated rings. The predicted molar refractivity (Wildman–Crippen MR) is 55.1 cm³/mol. The lowest BCUT2D eigenvalue weighted by molar-refractivity contribution is -0.139. The fourth-order valence-corrected chi connectivity index (χ4v) is 0.948. The van der Waals surface area contributed by atoms with Gasteiger partial charge in [-0.1, -0.05) is 0 Å². The third-order valence-corrected chi connectivity index (χ3v) is 1.69. The molecule has 5 nitrogen and oxygen atoms in total. The summed E-state index contributed by atoms with van der Waals surface area (Å²) in [6.07, 6.45) is 2.78. The molecule has 0 aromatic carbocycles. The van der Waals surface area contributed by atoms with Gasteiger partial charge in [0, 0.05) is 13.2 Å². The van der Waals surface area contributed by atoms with Crippen molar-refractivity contribution < 1.29 is 18.7 Å². The molecule has 0 unspecified atom stereocenters. The predicted octanol–water partition coefficient (Wildman–Crippen LogP) is 1.38. The molecule has 0 atom stereocenters. The fraction of sp³-hybridized carbons (Fsp3) is 0.273. The van der Waals surface area contributed by atoms with E-state index in [0.717, 1.165) is 0 Å². The van der Waals surface area contributed by atoms with Crippen molar-refractivity contribution in [3.8, 4) is 6.07 Å². The largest absolute Gasteiger partial charge is 0.465 e. The summed E-state index contributed by atoms with van der Waals surface area (Å²) >= 11 is 0. The molecule has 0 aliphatic carbocycles. The minimum absolute atomic E-state index is 0.106. The van der Waals surface area contributed by atoms with Gasteiger partial charge in [0.15, 0.2) is 0 Å². The van der Waals surface area contributed by atoms with Gasteiger partial charge >= 0.3 is 5.97 Å². The van der Waals surface area contributed by atoms with Crippen LogP contribution in [-0.2, 0) is 14.3 Å². The first kappa shape index (κ1) is 12.0. The summed E-state index contributed by atoms with van der Waals surface area (Å²) in [6, 6.07) is 5.06. The van der Waals surface area contributed by atoms with Crippen molar-refractivity contribution in [1.29, 1.82) is 5.26 Å². The molecular weight excluding hydrogens is 210 g/mol. The van der Waals surface area contributed by atoms with Crippen molar-refractivity contribution in [2.24, 2.45) is 0 Å². The zero-order valence-electron chi connectivity index (χ0n) is 8.80. The van der Waals surface area contributed by atoms with Crippen molar-refractivity contribution in [3.05, 3.63) is 29.7 Å². The zero-order valence-corrected chi connectivity index (χ0v) is 8.80. The van der Waals surface area contributed by atoms with Crippen LogP contribution in [0.4, 0.5) is 0 Å². The Balaban J connectivity index is 2.61. The van der Waals surface area contributed by atoms with Crippen molar-refractivity contribution in [2.45, 2.75) is 0 Å². The first-order valence-corrected chi connectivity index (χ1v) is 4.59. The highest BCUT2D eigenvalue weighted by Gasteiger charge is 2.10. The maximum atomic E-state index is 11.4. The Kier molecular flexibility index (Phi) is 4.83. The van der Waals surface area contributed by atoms with Gasteiger partial charge in [0.25, 0.3) is 0 Å². The standard InChI is InChI=1S/C11H11NO4/c1-14-5-6-16-11(13)9(8-12)7-10-3-2-4-15-10/h2-4,7H,5-6H2,1H3/b9-7+. The Labute approximate surface area is 92.9 Å². The molecule has 1 aromatic heterocycles. The molecular formula is C11H11NO4. The van der Waals surface area contributed by atoms with Crippen LogP contribution in [0.3, 0.4) is 0 Å². The van der Waals surface area contributed by atoms with Crippen LogP contribution in [0, 0.1) is 11.3 Å². The van der Waals surface area contributed by atoms with Crippen LogP contribution < -0.4 is 0 Å². The van der Waals surface area contributed by atoms with E-state index < -0.39 is 5.97 Å². The molecule has 0 radical (unpaired) electrons. The number of esters is 1. The Hall–Kier alpha value is -2.06. The number of furan rings is 1. The smallest absolute Gasteiger partial charge is 0.349 e. The van der Waals surface area contributed by atoms with Gasteiger partial charge in [0.2, 0.25) is 0 Å². The Morgan fingerprint density at radius 3 is 3.00 bits per heavy atom. The maximum Gasteiger partial charge on any atom is 0.349 e. The molecule has 5 heteroatoms. The second-order valence-corrected chi connectivity index (χ2v) is 2.81. The highest BCUT2D eigenvalue weighted by atomic mass is 16.6. The van der Waals surface area contributed by atoms with Crippen LogP contribution in [0.2, 0.25) is 0 Å². The molecule has 0 saturated carbocycles. The van der Waals surface area contributed by atoms with E-state index in [1.807, 2.05) is 0 Å². The maximum absolute atomic E-state index is 11.4. The summed E-state index contributed by atoms with van der Waals surface area (Å²) in [5.74, 6) is -0.254. The first-order valence-electron chi connectivity index (χ1n) is 4.59. The van der Waals surface area contributed by atoms with E-state index in [1.54, 1.807) is 18.2 Å². The van der Waals surface area contributed by atoms with E-state index in [4.69, 9.17) is 19.2 Å². The number of ether oxygens (including phenoxy) is 2. The number of carbonyl (C=O) groups excluding carboxylic acids is 1. The number of rotatable bonds is 5. The molecule has 1 rings (SSSR count). The van der Waals surface area contributed by atoms with Crippen LogP contribution in [0.15, 0.2) is 28.4 Å². The van der Waals surface area contributed by atoms with E-state index in [9.17, 15) is 4.79 Å². The highest BCUT2D eigenvalue weighted by Crippen LogP contribution is 2.08. The quantitative estimate of drug-likeness (QED) is 0.325. The van der Waals surface area contributed by atoms with Crippen LogP contribution in [-0.4, -0.2) is 26.3 Å². The second-order valence-electron chi connectivity index (χ2n) is 2.81. The number of methoxy groups -OCH3 is 1. The summed E-state index contributed by atoms with van der Waals surface area (Å²) in [5, 5.41) is 8.76. The molecule has 0 amide bonds. The number of carbonyl (C=O) groups is 1. The van der Waals surface area contributed by atoms with Crippen LogP contribution in [0.1, 0.15) is 5.76 Å². The van der Waals surface area contributed by atoms with E-state index >= 15 is 0 Å². The van der Waals surface area contributed by atoms with Crippen molar-refractivity contribution in [2.75, 3.05) is 20.3 Å². The van der Waals surface area contributed by atoms with Crippen LogP contribution in [0.5, 0.6) is 0 Å². The molecule has 0 saturated heterocycles. The van der Waals surface area contributed by atoms with Crippen molar-refractivity contribution >= 4 is 12.0 Å². The Bertz CT molecular complexity index is 400. The molecule has 0 aliphatic heterocycles. The van der Waals surface area contributed by atoms with E-state index in [2.05, 4.69) is 0 Å². The second kappa shape index (κ2) is 6.43. The lowest BCUT2D eigenvalue weighted by Gasteiger charge is -2.01. The summed E-state index contributed by atoms with van der Waals surface area (Å²) < 4.78 is 14.5. The SMILES string of the molecule is COCCOC(=O)/C(C#N)=C/c1ccco1. The minimum atomic E-state index is -0.684. The first-order chi connectivity index (χ1) is 7.77. The van der Waals surface area contributed by atoms with Crippen molar-refractivity contribution in [3.63, 3.8) is 0 Å². The van der Waals surface area contributed by atoms with Gasteiger partial charge < -0.3 is 13.9 Å². The van der Waals surface area contributed by atoms with E-state index in [1.165, 1.54) is 19.4 Å². The molecule has 16 heavy (non-hydrogen) atoms. The molecule has 0 N–H and O–H groups in total. The van der Waals surface area contributed by atoms with Gasteiger partial charge in [-0.05, 0) is 12.1 Å². The zero-order chi connectivity index (χ0) is 11.8. The summed E-state index contributed by atoms with van der Waals surface area (Å²) in [5.41, 5.74) is -0.106. The van der Waals surface area contributed by atoms with Gasteiger partial charge in [-0.2, -0.15) is 5.26 Å². The normalized spacial score (nSPS) is 10.9. The Morgan fingerprint density at radius 1 is 1.62 bits per heavy atom. The van der Waals surface area contributed by atoms with Gasteiger partial charge in [-0.3, -0.25) is 0 Å². The lowest BCUT2D eigenvalue weighted by atomic mass is 10.2. The number of hydrogen-bond acceptors (Lipinski definition) is 5. The van der Waals surface area contributed by atoms with Gasteiger partial charge in [0.1, 0.15) is 24.0 Å². The minimum Gasteiger partial charge on any atom is -0.465 e. The molecule has 84 valence electrons. The van der Waals surface area contributed by atoms with E-state index in [0.29, 0.717) is 12.4 Å². The monoisotopic (exact) mass is 221 g/mol. The fourth-order valence-electron chi connectivity index (χ4n) is 0.948. The summed E-state index contributed by atoms with van der Waals surface area (Å²) in [6.45, 7) is 0.414. The molecule has 1 heterocycles. The molecule has 1 aromatic rings. The summed E-state index contributed by atoms with van der Waals surface area (Å²) in [7, 11) is 1.50. The van der Waals surface area contributed by atoms with Crippen LogP contribution in [0.25, 0.3) is 6.08 Å². The van der Waals surface area contributed by atoms with Crippen LogP contribution >= 0.6 is 0 Å². The average molecular weight is 221 g/mol. The topological polar surface area (TPSA) is 72.5 Å². The third-order valence-electron chi connectivity index (χ3n) is 1.69. The van der Waals surface area contributed by atoms with E-state index in [-0.39, 0.29) is 12.2 Å². The number of nitriles is 1. The Morgan fingerprint density at radius 2 is 2.44 bits per heavy atom. The average Bonchev–Trinajstić information content (AvgIpc) is 2.78. The summed E-state index contributed by atoms with van der Waals surface area (Å²) in [4.78, 5) is 11.4. The molecule has 0 bridgehead atoms. The van der Waals surface area contributed by atoms with Gasteiger partial charge in [-0.25, -0.2) is 4.79 Å². The molecule has 0 aliphatic rings. The molecule has 0 spiro atoms. The number of nitrogens with zero attached hydrogens (tertiary/aromatic N) is 1. The number of hydrogen-bond donors (Lipinski definition) is 0. The van der Waals surface area contributed by atoms with Gasteiger partial charge in [-0.15, -0.1) is 0 Å².